The van der Waals surface area contributed by atoms with Crippen LogP contribution in [0.4, 0.5) is 5.69 Å². The number of hydrogen-bond acceptors (Lipinski definition) is 3. The molecule has 1 N–H and O–H groups in total. The zero-order valence-electron chi connectivity index (χ0n) is 20.1. The van der Waals surface area contributed by atoms with Gasteiger partial charge in [-0.2, -0.15) is 0 Å². The molecule has 0 spiro atoms. The summed E-state index contributed by atoms with van der Waals surface area (Å²) in [6.45, 7) is 0.554. The number of fused-ring (bicyclic) bond motifs is 1. The Balaban J connectivity index is 1.33. The van der Waals surface area contributed by atoms with Gasteiger partial charge in [0.15, 0.2) is 0 Å². The predicted octanol–water partition coefficient (Wildman–Crippen LogP) is 6.17. The molecule has 0 heterocycles. The molecule has 0 fully saturated rings. The van der Waals surface area contributed by atoms with Crippen LogP contribution in [0.25, 0.3) is 10.8 Å². The number of amides is 1. The summed E-state index contributed by atoms with van der Waals surface area (Å²) >= 11 is 0. The van der Waals surface area contributed by atoms with Crippen molar-refractivity contribution in [2.75, 3.05) is 4.31 Å². The summed E-state index contributed by atoms with van der Waals surface area (Å²) in [4.78, 5) is 13.1. The molecule has 0 unspecified atom stereocenters. The maximum atomic E-state index is 13.5. The fraction of sp³-hybridized carbons (Fsp3) is 0.0645. The van der Waals surface area contributed by atoms with Gasteiger partial charge in [-0.1, -0.05) is 91.0 Å². The number of sulfonamides is 1. The van der Waals surface area contributed by atoms with E-state index in [0.29, 0.717) is 17.8 Å². The number of anilines is 1. The van der Waals surface area contributed by atoms with Crippen LogP contribution in [0.1, 0.15) is 21.5 Å². The van der Waals surface area contributed by atoms with Crippen molar-refractivity contribution in [1.29, 1.82) is 0 Å². The molecule has 0 aliphatic carbocycles. The molecule has 5 nitrogen and oxygen atoms in total. The average Bonchev–Trinajstić information content (AvgIpc) is 2.95. The summed E-state index contributed by atoms with van der Waals surface area (Å²) in [7, 11) is -3.78. The first kappa shape index (κ1) is 24.3. The highest BCUT2D eigenvalue weighted by Crippen LogP contribution is 2.26. The lowest BCUT2D eigenvalue weighted by Crippen LogP contribution is -2.30. The third-order valence-electron chi connectivity index (χ3n) is 6.24. The van der Waals surface area contributed by atoms with E-state index in [9.17, 15) is 13.2 Å². The fourth-order valence-electron chi connectivity index (χ4n) is 4.28. The van der Waals surface area contributed by atoms with Crippen molar-refractivity contribution in [3.05, 3.63) is 144 Å². The highest BCUT2D eigenvalue weighted by Gasteiger charge is 2.25. The van der Waals surface area contributed by atoms with Crippen LogP contribution in [-0.2, 0) is 23.1 Å². The molecule has 6 heteroatoms. The van der Waals surface area contributed by atoms with E-state index in [2.05, 4.69) is 17.4 Å². The number of nitrogens with zero attached hydrogens (tertiary/aromatic N) is 1. The standard InChI is InChI=1S/C31H26N2O3S/c34-31(32-22-27-12-9-11-25-10-7-8-17-30(25)27)26-20-18-24(19-21-26)23-33(28-13-3-1-4-14-28)37(35,36)29-15-5-2-6-16-29/h1-21H,22-23H2,(H,32,34). The largest absolute Gasteiger partial charge is 0.348 e. The number of hydrogen-bond donors (Lipinski definition) is 1. The molecule has 5 rings (SSSR count). The van der Waals surface area contributed by atoms with Crippen LogP contribution in [0.3, 0.4) is 0 Å². The molecule has 0 atom stereocenters. The molecule has 5 aromatic carbocycles. The number of nitrogens with one attached hydrogen (secondary N) is 1. The van der Waals surface area contributed by atoms with Gasteiger partial charge in [0.1, 0.15) is 0 Å². The van der Waals surface area contributed by atoms with E-state index in [4.69, 9.17) is 0 Å². The first-order valence-electron chi connectivity index (χ1n) is 12.0. The third-order valence-corrected chi connectivity index (χ3v) is 8.03. The van der Waals surface area contributed by atoms with Crippen molar-refractivity contribution < 1.29 is 13.2 Å². The summed E-state index contributed by atoms with van der Waals surface area (Å²) < 4.78 is 28.4. The van der Waals surface area contributed by atoms with Gasteiger partial charge < -0.3 is 5.32 Å². The quantitative estimate of drug-likeness (QED) is 0.274. The van der Waals surface area contributed by atoms with Crippen LogP contribution in [-0.4, -0.2) is 14.3 Å². The molecular formula is C31H26N2O3S. The molecule has 0 radical (unpaired) electrons. The minimum atomic E-state index is -3.78. The van der Waals surface area contributed by atoms with Gasteiger partial charge >= 0.3 is 0 Å². The molecule has 0 aliphatic rings. The summed E-state index contributed by atoms with van der Waals surface area (Å²) in [6, 6.07) is 38.6. The summed E-state index contributed by atoms with van der Waals surface area (Å²) in [5.41, 5.74) is 2.91. The van der Waals surface area contributed by atoms with Crippen LogP contribution in [0.2, 0.25) is 0 Å². The van der Waals surface area contributed by atoms with Gasteiger partial charge in [-0.05, 0) is 58.3 Å². The van der Waals surface area contributed by atoms with Gasteiger partial charge in [-0.3, -0.25) is 9.10 Å². The normalized spacial score (nSPS) is 11.2. The van der Waals surface area contributed by atoms with Crippen molar-refractivity contribution in [1.82, 2.24) is 5.32 Å². The second kappa shape index (κ2) is 10.7. The molecule has 184 valence electrons. The summed E-state index contributed by atoms with van der Waals surface area (Å²) in [5.74, 6) is -0.184. The summed E-state index contributed by atoms with van der Waals surface area (Å²) in [6.07, 6.45) is 0. The molecule has 0 saturated heterocycles. The van der Waals surface area contributed by atoms with Crippen molar-refractivity contribution >= 4 is 32.4 Å². The fourth-order valence-corrected chi connectivity index (χ4v) is 5.75. The minimum Gasteiger partial charge on any atom is -0.348 e. The topological polar surface area (TPSA) is 66.5 Å². The predicted molar refractivity (Wildman–Crippen MR) is 148 cm³/mol. The second-order valence-electron chi connectivity index (χ2n) is 8.68. The monoisotopic (exact) mass is 506 g/mol. The number of para-hydroxylation sites is 1. The molecule has 1 amide bonds. The van der Waals surface area contributed by atoms with Gasteiger partial charge in [0.25, 0.3) is 15.9 Å². The van der Waals surface area contributed by atoms with Crippen molar-refractivity contribution in [3.63, 3.8) is 0 Å². The van der Waals surface area contributed by atoms with E-state index in [0.717, 1.165) is 21.9 Å². The first-order chi connectivity index (χ1) is 18.0. The van der Waals surface area contributed by atoms with E-state index < -0.39 is 10.0 Å². The van der Waals surface area contributed by atoms with Gasteiger partial charge in [-0.15, -0.1) is 0 Å². The molecule has 0 aliphatic heterocycles. The molecule has 0 saturated carbocycles. The van der Waals surface area contributed by atoms with Crippen LogP contribution >= 0.6 is 0 Å². The number of carbonyl (C=O) groups excluding carboxylic acids is 1. The van der Waals surface area contributed by atoms with E-state index in [1.54, 1.807) is 66.7 Å². The highest BCUT2D eigenvalue weighted by atomic mass is 32.2. The Labute approximate surface area is 217 Å². The third kappa shape index (κ3) is 5.39. The molecule has 0 bridgehead atoms. The van der Waals surface area contributed by atoms with E-state index in [1.165, 1.54) is 4.31 Å². The van der Waals surface area contributed by atoms with E-state index >= 15 is 0 Å². The molecular weight excluding hydrogens is 480 g/mol. The minimum absolute atomic E-state index is 0.138. The Kier molecular flexibility index (Phi) is 7.01. The Bertz CT molecular complexity index is 1610. The van der Waals surface area contributed by atoms with Gasteiger partial charge in [0.2, 0.25) is 0 Å². The smallest absolute Gasteiger partial charge is 0.264 e. The molecule has 0 aromatic heterocycles. The Morgan fingerprint density at radius 1 is 0.676 bits per heavy atom. The van der Waals surface area contributed by atoms with Crippen LogP contribution in [0.5, 0.6) is 0 Å². The number of carbonyl (C=O) groups is 1. The van der Waals surface area contributed by atoms with Gasteiger partial charge in [0.05, 0.1) is 17.1 Å². The molecule has 5 aromatic rings. The van der Waals surface area contributed by atoms with Gasteiger partial charge in [0, 0.05) is 12.1 Å². The zero-order chi connectivity index (χ0) is 25.7. The second-order valence-corrected chi connectivity index (χ2v) is 10.5. The maximum absolute atomic E-state index is 13.5. The number of rotatable bonds is 8. The lowest BCUT2D eigenvalue weighted by atomic mass is 10.0. The summed E-state index contributed by atoms with van der Waals surface area (Å²) in [5, 5.41) is 5.24. The lowest BCUT2D eigenvalue weighted by molar-refractivity contribution is 0.0951. The van der Waals surface area contributed by atoms with Crippen LogP contribution in [0.15, 0.2) is 132 Å². The Morgan fingerprint density at radius 2 is 1.30 bits per heavy atom. The van der Waals surface area contributed by atoms with Crippen LogP contribution < -0.4 is 9.62 Å². The molecule has 37 heavy (non-hydrogen) atoms. The number of benzene rings is 5. The first-order valence-corrected chi connectivity index (χ1v) is 13.4. The van der Waals surface area contributed by atoms with E-state index in [-0.39, 0.29) is 17.3 Å². The van der Waals surface area contributed by atoms with E-state index in [1.807, 2.05) is 48.5 Å². The van der Waals surface area contributed by atoms with Crippen molar-refractivity contribution in [2.24, 2.45) is 0 Å². The van der Waals surface area contributed by atoms with Gasteiger partial charge in [-0.25, -0.2) is 8.42 Å². The Morgan fingerprint density at radius 3 is 2.03 bits per heavy atom. The maximum Gasteiger partial charge on any atom is 0.264 e. The highest BCUT2D eigenvalue weighted by molar-refractivity contribution is 7.92. The Hall–Kier alpha value is -4.42. The van der Waals surface area contributed by atoms with Crippen LogP contribution in [0, 0.1) is 0 Å². The van der Waals surface area contributed by atoms with Crippen molar-refractivity contribution in [3.8, 4) is 0 Å². The lowest BCUT2D eigenvalue weighted by Gasteiger charge is -2.25. The zero-order valence-corrected chi connectivity index (χ0v) is 20.9. The average molecular weight is 507 g/mol. The SMILES string of the molecule is O=C(NCc1cccc2ccccc12)c1ccc(CN(c2ccccc2)S(=O)(=O)c2ccccc2)cc1. The van der Waals surface area contributed by atoms with Crippen molar-refractivity contribution in [2.45, 2.75) is 18.0 Å².